The Hall–Kier alpha value is -2.40. The molecule has 1 atom stereocenters. The van der Waals surface area contributed by atoms with Crippen molar-refractivity contribution in [3.63, 3.8) is 0 Å². The van der Waals surface area contributed by atoms with Gasteiger partial charge in [-0.3, -0.25) is 0 Å². The Balaban J connectivity index is 0.00000117. The van der Waals surface area contributed by atoms with Crippen molar-refractivity contribution in [3.8, 4) is 0 Å². The van der Waals surface area contributed by atoms with Gasteiger partial charge >= 0.3 is 0 Å². The lowest BCUT2D eigenvalue weighted by Gasteiger charge is -2.41. The van der Waals surface area contributed by atoms with E-state index in [-0.39, 0.29) is 0 Å². The van der Waals surface area contributed by atoms with Crippen molar-refractivity contribution >= 4 is 10.9 Å². The number of rotatable bonds is 7. The number of hydrogen-bond acceptors (Lipinski definition) is 4. The van der Waals surface area contributed by atoms with Crippen LogP contribution in [0.5, 0.6) is 0 Å². The van der Waals surface area contributed by atoms with Gasteiger partial charge in [-0.05, 0) is 43.4 Å². The zero-order valence-electron chi connectivity index (χ0n) is 18.3. The number of likely N-dealkylation sites (tertiary alicyclic amines) is 1. The van der Waals surface area contributed by atoms with Gasteiger partial charge in [0.05, 0.1) is 12.4 Å². The lowest BCUT2D eigenvalue weighted by Crippen LogP contribution is -2.51. The van der Waals surface area contributed by atoms with Gasteiger partial charge < -0.3 is 25.8 Å². The van der Waals surface area contributed by atoms with Crippen molar-refractivity contribution in [3.05, 3.63) is 60.2 Å². The maximum absolute atomic E-state index is 4.33. The highest BCUT2D eigenvalue weighted by molar-refractivity contribution is 5.81. The number of aromatic amines is 1. The minimum Gasteiger partial charge on any atom is -0.373 e. The van der Waals surface area contributed by atoms with Crippen LogP contribution in [0.15, 0.2) is 48.9 Å². The SMILES string of the molecule is C=C(NCc1cc2cc(C)ccc2[nH]1)N[C@@H]1CCCN(C(=C)C2CNC2)C1.CC. The normalized spacial score (nSPS) is 19.1. The number of nitrogens with one attached hydrogen (secondary N) is 4. The monoisotopic (exact) mass is 395 g/mol. The molecule has 0 unspecified atom stereocenters. The molecule has 0 amide bonds. The molecule has 0 radical (unpaired) electrons. The number of H-pyrrole nitrogens is 1. The van der Waals surface area contributed by atoms with Gasteiger partial charge in [0.1, 0.15) is 0 Å². The van der Waals surface area contributed by atoms with Crippen LogP contribution in [0.1, 0.15) is 37.9 Å². The van der Waals surface area contributed by atoms with E-state index in [0.717, 1.165) is 38.5 Å². The van der Waals surface area contributed by atoms with Crippen LogP contribution in [0.2, 0.25) is 0 Å². The lowest BCUT2D eigenvalue weighted by molar-refractivity contribution is 0.201. The van der Waals surface area contributed by atoms with E-state index in [1.165, 1.54) is 40.7 Å². The smallest absolute Gasteiger partial charge is 0.0918 e. The van der Waals surface area contributed by atoms with Crippen LogP contribution in [0.4, 0.5) is 0 Å². The second-order valence-corrected chi connectivity index (χ2v) is 7.99. The first-order valence-electron chi connectivity index (χ1n) is 11.0. The number of piperidine rings is 1. The van der Waals surface area contributed by atoms with E-state index >= 15 is 0 Å². The molecule has 4 N–H and O–H groups in total. The summed E-state index contributed by atoms with van der Waals surface area (Å²) in [5, 5.41) is 11.6. The molecule has 2 saturated heterocycles. The van der Waals surface area contributed by atoms with Crippen LogP contribution in [-0.4, -0.2) is 42.1 Å². The fraction of sp³-hybridized carbons (Fsp3) is 0.500. The summed E-state index contributed by atoms with van der Waals surface area (Å²) >= 11 is 0. The Morgan fingerprint density at radius 1 is 1.21 bits per heavy atom. The molecule has 2 aliphatic rings. The van der Waals surface area contributed by atoms with Gasteiger partial charge in [0, 0.05) is 55.0 Å². The van der Waals surface area contributed by atoms with E-state index in [1.54, 1.807) is 0 Å². The fourth-order valence-electron chi connectivity index (χ4n) is 4.05. The molecule has 0 bridgehead atoms. The molecule has 2 aromatic rings. The minimum absolute atomic E-state index is 0.425. The Labute approximate surface area is 175 Å². The number of aryl methyl sites for hydroxylation is 1. The standard InChI is InChI=1S/C22H31N5.C2H6/c1-15-6-7-22-18(9-15)10-21(26-22)13-24-17(3)25-20-5-4-8-27(14-20)16(2)19-11-23-12-19;1-2/h6-7,9-10,19-20,23-26H,2-5,8,11-14H2,1H3;1-2H3/t20-;/m1./s1. The maximum Gasteiger partial charge on any atom is 0.0918 e. The number of fused-ring (bicyclic) bond motifs is 1. The van der Waals surface area contributed by atoms with E-state index in [4.69, 9.17) is 0 Å². The first-order chi connectivity index (χ1) is 14.1. The third-order valence-corrected chi connectivity index (χ3v) is 5.78. The van der Waals surface area contributed by atoms with Gasteiger partial charge in [-0.2, -0.15) is 0 Å². The number of nitrogens with zero attached hydrogens (tertiary/aromatic N) is 1. The number of benzene rings is 1. The maximum atomic E-state index is 4.33. The number of hydrogen-bond donors (Lipinski definition) is 4. The highest BCUT2D eigenvalue weighted by Gasteiger charge is 2.27. The molecule has 0 saturated carbocycles. The van der Waals surface area contributed by atoms with E-state index in [9.17, 15) is 0 Å². The predicted octanol–water partition coefficient (Wildman–Crippen LogP) is 3.85. The average molecular weight is 396 g/mol. The topological polar surface area (TPSA) is 55.1 Å². The summed E-state index contributed by atoms with van der Waals surface area (Å²) in [6.45, 7) is 19.7. The quantitative estimate of drug-likeness (QED) is 0.575. The summed E-state index contributed by atoms with van der Waals surface area (Å²) < 4.78 is 0. The summed E-state index contributed by atoms with van der Waals surface area (Å²) in [5.41, 5.74) is 4.94. The van der Waals surface area contributed by atoms with E-state index in [2.05, 4.69) is 70.2 Å². The average Bonchev–Trinajstić information content (AvgIpc) is 3.09. The summed E-state index contributed by atoms with van der Waals surface area (Å²) in [6, 6.07) is 9.13. The van der Waals surface area contributed by atoms with Gasteiger partial charge in [-0.15, -0.1) is 0 Å². The second kappa shape index (κ2) is 9.88. The molecule has 2 fully saturated rings. The van der Waals surface area contributed by atoms with Crippen molar-refractivity contribution in [2.24, 2.45) is 5.92 Å². The third kappa shape index (κ3) is 5.36. The van der Waals surface area contributed by atoms with Crippen LogP contribution >= 0.6 is 0 Å². The van der Waals surface area contributed by atoms with Gasteiger partial charge in [-0.1, -0.05) is 38.6 Å². The molecule has 3 heterocycles. The molecule has 29 heavy (non-hydrogen) atoms. The first kappa shape index (κ1) is 21.3. The van der Waals surface area contributed by atoms with Gasteiger partial charge in [0.25, 0.3) is 0 Å². The lowest BCUT2D eigenvalue weighted by atomic mass is 9.96. The zero-order valence-corrected chi connectivity index (χ0v) is 18.3. The predicted molar refractivity (Wildman–Crippen MR) is 124 cm³/mol. The van der Waals surface area contributed by atoms with Gasteiger partial charge in [0.2, 0.25) is 0 Å². The molecule has 1 aromatic carbocycles. The fourth-order valence-corrected chi connectivity index (χ4v) is 4.05. The second-order valence-electron chi connectivity index (χ2n) is 7.99. The van der Waals surface area contributed by atoms with Crippen molar-refractivity contribution < 1.29 is 0 Å². The molecule has 0 aliphatic carbocycles. The molecule has 1 aromatic heterocycles. The van der Waals surface area contributed by atoms with E-state index in [0.29, 0.717) is 12.0 Å². The van der Waals surface area contributed by atoms with Crippen molar-refractivity contribution in [1.82, 2.24) is 25.8 Å². The molecule has 5 nitrogen and oxygen atoms in total. The Kier molecular flexibility index (Phi) is 7.26. The molecular weight excluding hydrogens is 358 g/mol. The summed E-state index contributed by atoms with van der Waals surface area (Å²) in [7, 11) is 0. The zero-order chi connectivity index (χ0) is 20.8. The van der Waals surface area contributed by atoms with E-state index in [1.807, 2.05) is 13.8 Å². The van der Waals surface area contributed by atoms with E-state index < -0.39 is 0 Å². The Bertz CT molecular complexity index is 833. The van der Waals surface area contributed by atoms with Crippen LogP contribution in [0, 0.1) is 12.8 Å². The largest absolute Gasteiger partial charge is 0.373 e. The third-order valence-electron chi connectivity index (χ3n) is 5.78. The first-order valence-corrected chi connectivity index (χ1v) is 11.0. The Morgan fingerprint density at radius 3 is 2.72 bits per heavy atom. The molecule has 4 rings (SSSR count). The molecule has 5 heteroatoms. The molecule has 2 aliphatic heterocycles. The highest BCUT2D eigenvalue weighted by atomic mass is 15.2. The van der Waals surface area contributed by atoms with Crippen LogP contribution in [0.25, 0.3) is 10.9 Å². The van der Waals surface area contributed by atoms with Crippen molar-refractivity contribution in [1.29, 1.82) is 0 Å². The molecular formula is C24H37N5. The van der Waals surface area contributed by atoms with Crippen LogP contribution < -0.4 is 16.0 Å². The van der Waals surface area contributed by atoms with Gasteiger partial charge in [-0.25, -0.2) is 0 Å². The van der Waals surface area contributed by atoms with Crippen molar-refractivity contribution in [2.75, 3.05) is 26.2 Å². The molecule has 0 spiro atoms. The molecule has 158 valence electrons. The summed E-state index contributed by atoms with van der Waals surface area (Å²) in [6.07, 6.45) is 2.38. The highest BCUT2D eigenvalue weighted by Crippen LogP contribution is 2.22. The summed E-state index contributed by atoms with van der Waals surface area (Å²) in [4.78, 5) is 5.93. The number of aromatic nitrogens is 1. The Morgan fingerprint density at radius 2 is 2.00 bits per heavy atom. The minimum atomic E-state index is 0.425. The summed E-state index contributed by atoms with van der Waals surface area (Å²) in [5.74, 6) is 1.52. The van der Waals surface area contributed by atoms with Gasteiger partial charge in [0.15, 0.2) is 0 Å². The van der Waals surface area contributed by atoms with Crippen LogP contribution in [-0.2, 0) is 6.54 Å². The van der Waals surface area contributed by atoms with Crippen molar-refractivity contribution in [2.45, 2.75) is 46.2 Å². The van der Waals surface area contributed by atoms with Crippen LogP contribution in [0.3, 0.4) is 0 Å².